The molecule has 0 amide bonds. The molecular weight excluding hydrogens is 234 g/mol. The van der Waals surface area contributed by atoms with Gasteiger partial charge in [0.1, 0.15) is 11.9 Å². The zero-order chi connectivity index (χ0) is 13.4. The van der Waals surface area contributed by atoms with Crippen LogP contribution in [0.15, 0.2) is 49.0 Å². The molecule has 0 saturated carbocycles. The van der Waals surface area contributed by atoms with Gasteiger partial charge < -0.3 is 10.5 Å². The summed E-state index contributed by atoms with van der Waals surface area (Å²) in [6.45, 7) is 6.24. The molecule has 1 aliphatic heterocycles. The molecule has 0 spiro atoms. The summed E-state index contributed by atoms with van der Waals surface area (Å²) in [5.74, 6) is 0.871. The van der Waals surface area contributed by atoms with Crippen LogP contribution in [0, 0.1) is 6.92 Å². The van der Waals surface area contributed by atoms with Crippen LogP contribution >= 0.6 is 0 Å². The Balaban J connectivity index is 1.95. The Labute approximate surface area is 113 Å². The van der Waals surface area contributed by atoms with E-state index in [0.717, 1.165) is 29.0 Å². The molecule has 2 heteroatoms. The Kier molecular flexibility index (Phi) is 2.79. The number of nitrogen functional groups attached to an aromatic ring is 1. The molecule has 2 aromatic rings. The van der Waals surface area contributed by atoms with Crippen molar-refractivity contribution in [1.29, 1.82) is 0 Å². The van der Waals surface area contributed by atoms with Gasteiger partial charge in [0.25, 0.3) is 0 Å². The van der Waals surface area contributed by atoms with Gasteiger partial charge >= 0.3 is 0 Å². The number of aryl methyl sites for hydroxylation is 1. The van der Waals surface area contributed by atoms with Gasteiger partial charge in [-0.1, -0.05) is 36.4 Å². The van der Waals surface area contributed by atoms with E-state index in [1.54, 1.807) is 0 Å². The zero-order valence-corrected chi connectivity index (χ0v) is 11.0. The Bertz CT molecular complexity index is 628. The maximum absolute atomic E-state index is 6.07. The van der Waals surface area contributed by atoms with Gasteiger partial charge in [0.05, 0.1) is 0 Å². The van der Waals surface area contributed by atoms with Crippen LogP contribution in [0.2, 0.25) is 0 Å². The summed E-state index contributed by atoms with van der Waals surface area (Å²) >= 11 is 0. The normalized spacial score (nSPS) is 17.7. The van der Waals surface area contributed by atoms with Crippen LogP contribution in [-0.4, -0.2) is 0 Å². The highest BCUT2D eigenvalue weighted by molar-refractivity contribution is 5.73. The zero-order valence-electron chi connectivity index (χ0n) is 11.0. The summed E-state index contributed by atoms with van der Waals surface area (Å²) in [4.78, 5) is 0. The minimum atomic E-state index is 0.0456. The topological polar surface area (TPSA) is 35.2 Å². The predicted octanol–water partition coefficient (Wildman–Crippen LogP) is 4.11. The van der Waals surface area contributed by atoms with Crippen LogP contribution in [0.25, 0.3) is 5.57 Å². The third-order valence-corrected chi connectivity index (χ3v) is 3.53. The Morgan fingerprint density at radius 1 is 1.16 bits per heavy atom. The van der Waals surface area contributed by atoms with Crippen LogP contribution in [0.1, 0.15) is 29.2 Å². The van der Waals surface area contributed by atoms with Gasteiger partial charge in [-0.05, 0) is 36.3 Å². The minimum Gasteiger partial charge on any atom is -0.485 e. The lowest BCUT2D eigenvalue weighted by Crippen LogP contribution is -2.14. The first kappa shape index (κ1) is 11.8. The van der Waals surface area contributed by atoms with Gasteiger partial charge in [-0.3, -0.25) is 0 Å². The molecular formula is C17H17NO. The summed E-state index contributed by atoms with van der Waals surface area (Å²) in [5, 5.41) is 0. The third kappa shape index (κ3) is 2.22. The predicted molar refractivity (Wildman–Crippen MR) is 79.1 cm³/mol. The SMILES string of the molecule is C=C1CC(c2ccc(C)cc2)Oc2ccc(N)cc21. The molecule has 2 nitrogen and oxygen atoms in total. The van der Waals surface area contributed by atoms with E-state index in [1.165, 1.54) is 11.1 Å². The average molecular weight is 251 g/mol. The van der Waals surface area contributed by atoms with Crippen LogP contribution in [0.5, 0.6) is 5.75 Å². The molecule has 1 unspecified atom stereocenters. The highest BCUT2D eigenvalue weighted by Crippen LogP contribution is 2.41. The Hall–Kier alpha value is -2.22. The lowest BCUT2D eigenvalue weighted by Gasteiger charge is -2.28. The number of hydrogen-bond donors (Lipinski definition) is 1. The maximum Gasteiger partial charge on any atom is 0.128 e. The first-order valence-corrected chi connectivity index (χ1v) is 6.44. The van der Waals surface area contributed by atoms with Crippen molar-refractivity contribution in [2.75, 3.05) is 5.73 Å². The second-order valence-corrected chi connectivity index (χ2v) is 5.08. The number of hydrogen-bond acceptors (Lipinski definition) is 2. The first-order valence-electron chi connectivity index (χ1n) is 6.44. The van der Waals surface area contributed by atoms with E-state index in [9.17, 15) is 0 Å². The van der Waals surface area contributed by atoms with E-state index in [1.807, 2.05) is 18.2 Å². The van der Waals surface area contributed by atoms with Crippen molar-refractivity contribution in [3.63, 3.8) is 0 Å². The second-order valence-electron chi connectivity index (χ2n) is 5.08. The van der Waals surface area contributed by atoms with Crippen LogP contribution in [-0.2, 0) is 0 Å². The summed E-state index contributed by atoms with van der Waals surface area (Å²) in [7, 11) is 0. The van der Waals surface area contributed by atoms with Gasteiger partial charge in [-0.25, -0.2) is 0 Å². The summed E-state index contributed by atoms with van der Waals surface area (Å²) in [6.07, 6.45) is 0.851. The molecule has 96 valence electrons. The molecule has 19 heavy (non-hydrogen) atoms. The quantitative estimate of drug-likeness (QED) is 0.774. The van der Waals surface area contributed by atoms with Gasteiger partial charge in [-0.15, -0.1) is 0 Å². The Morgan fingerprint density at radius 3 is 2.63 bits per heavy atom. The molecule has 0 aliphatic carbocycles. The molecule has 0 fully saturated rings. The fourth-order valence-electron chi connectivity index (χ4n) is 2.42. The van der Waals surface area contributed by atoms with E-state index >= 15 is 0 Å². The number of nitrogens with two attached hydrogens (primary N) is 1. The molecule has 3 rings (SSSR count). The highest BCUT2D eigenvalue weighted by atomic mass is 16.5. The van der Waals surface area contributed by atoms with Crippen molar-refractivity contribution in [3.05, 3.63) is 65.7 Å². The molecule has 1 heterocycles. The van der Waals surface area contributed by atoms with E-state index in [4.69, 9.17) is 10.5 Å². The second kappa shape index (κ2) is 4.47. The third-order valence-electron chi connectivity index (χ3n) is 3.53. The van der Waals surface area contributed by atoms with E-state index in [0.29, 0.717) is 0 Å². The summed E-state index contributed by atoms with van der Waals surface area (Å²) < 4.78 is 6.07. The van der Waals surface area contributed by atoms with E-state index < -0.39 is 0 Å². The first-order chi connectivity index (χ1) is 9.13. The van der Waals surface area contributed by atoms with E-state index in [-0.39, 0.29) is 6.10 Å². The molecule has 2 N–H and O–H groups in total. The van der Waals surface area contributed by atoms with Crippen LogP contribution in [0.3, 0.4) is 0 Å². The fourth-order valence-corrected chi connectivity index (χ4v) is 2.42. The van der Waals surface area contributed by atoms with Crippen molar-refractivity contribution in [3.8, 4) is 5.75 Å². The standard InChI is InChI=1S/C17H17NO/c1-11-3-5-13(6-4-11)17-9-12(2)15-10-14(18)7-8-16(15)19-17/h3-8,10,17H,2,9,18H2,1H3. The molecule has 1 atom stereocenters. The molecule has 0 bridgehead atoms. The minimum absolute atomic E-state index is 0.0456. The summed E-state index contributed by atoms with van der Waals surface area (Å²) in [5.41, 5.74) is 11.1. The largest absolute Gasteiger partial charge is 0.485 e. The smallest absolute Gasteiger partial charge is 0.128 e. The number of fused-ring (bicyclic) bond motifs is 1. The number of anilines is 1. The van der Waals surface area contributed by atoms with Crippen molar-refractivity contribution >= 4 is 11.3 Å². The van der Waals surface area contributed by atoms with Crippen LogP contribution in [0.4, 0.5) is 5.69 Å². The molecule has 0 saturated heterocycles. The monoisotopic (exact) mass is 251 g/mol. The van der Waals surface area contributed by atoms with Crippen LogP contribution < -0.4 is 10.5 Å². The number of ether oxygens (including phenoxy) is 1. The molecule has 0 radical (unpaired) electrons. The van der Waals surface area contributed by atoms with Crippen molar-refractivity contribution in [1.82, 2.24) is 0 Å². The van der Waals surface area contributed by atoms with Gasteiger partial charge in [0.2, 0.25) is 0 Å². The fraction of sp³-hybridized carbons (Fsp3) is 0.176. The van der Waals surface area contributed by atoms with Gasteiger partial charge in [-0.2, -0.15) is 0 Å². The summed E-state index contributed by atoms with van der Waals surface area (Å²) in [6, 6.07) is 14.2. The number of rotatable bonds is 1. The lowest BCUT2D eigenvalue weighted by molar-refractivity contribution is 0.202. The molecule has 2 aromatic carbocycles. The highest BCUT2D eigenvalue weighted by Gasteiger charge is 2.23. The van der Waals surface area contributed by atoms with Gasteiger partial charge in [0, 0.05) is 17.7 Å². The van der Waals surface area contributed by atoms with Gasteiger partial charge in [0.15, 0.2) is 0 Å². The maximum atomic E-state index is 6.07. The van der Waals surface area contributed by atoms with Crippen molar-refractivity contribution < 1.29 is 4.74 Å². The molecule has 0 aromatic heterocycles. The number of benzene rings is 2. The lowest BCUT2D eigenvalue weighted by atomic mass is 9.93. The van der Waals surface area contributed by atoms with E-state index in [2.05, 4.69) is 37.8 Å². The average Bonchev–Trinajstić information content (AvgIpc) is 2.40. The van der Waals surface area contributed by atoms with Crippen molar-refractivity contribution in [2.45, 2.75) is 19.4 Å². The van der Waals surface area contributed by atoms with Crippen molar-refractivity contribution in [2.24, 2.45) is 0 Å². The molecule has 1 aliphatic rings. The Morgan fingerprint density at radius 2 is 1.89 bits per heavy atom.